The van der Waals surface area contributed by atoms with Gasteiger partial charge >= 0.3 is 0 Å². The maximum Gasteiger partial charge on any atom is 0.225 e. The van der Waals surface area contributed by atoms with Gasteiger partial charge in [-0.2, -0.15) is 4.98 Å². The van der Waals surface area contributed by atoms with Gasteiger partial charge in [0.1, 0.15) is 11.6 Å². The summed E-state index contributed by atoms with van der Waals surface area (Å²) in [4.78, 5) is 8.31. The number of thioether (sulfide) groups is 1. The molecule has 4 nitrogen and oxygen atoms in total. The van der Waals surface area contributed by atoms with Crippen molar-refractivity contribution in [3.05, 3.63) is 34.3 Å². The van der Waals surface area contributed by atoms with Crippen molar-refractivity contribution in [3.8, 4) is 11.6 Å². The molecular weight excluding hydrogens is 314 g/mol. The number of nitrogens with zero attached hydrogens (tertiary/aromatic N) is 2. The number of aryl methyl sites for hydroxylation is 1. The van der Waals surface area contributed by atoms with Gasteiger partial charge in [0, 0.05) is 10.5 Å². The molecule has 94 valence electrons. The first-order valence-corrected chi connectivity index (χ1v) is 7.23. The topological polar surface area (TPSA) is 61.0 Å². The minimum atomic E-state index is 0.401. The zero-order valence-electron chi connectivity index (χ0n) is 9.98. The normalized spacial score (nSPS) is 10.4. The summed E-state index contributed by atoms with van der Waals surface area (Å²) in [7, 11) is 0. The van der Waals surface area contributed by atoms with Gasteiger partial charge in [0.15, 0.2) is 5.16 Å². The van der Waals surface area contributed by atoms with Crippen LogP contribution >= 0.6 is 27.7 Å². The molecule has 0 spiro atoms. The fraction of sp³-hybridized carbons (Fsp3) is 0.167. The van der Waals surface area contributed by atoms with Crippen LogP contribution in [0.2, 0.25) is 0 Å². The summed E-state index contributed by atoms with van der Waals surface area (Å²) < 4.78 is 6.72. The maximum atomic E-state index is 5.69. The van der Waals surface area contributed by atoms with Crippen LogP contribution < -0.4 is 10.5 Å². The molecule has 0 atom stereocenters. The molecule has 18 heavy (non-hydrogen) atoms. The second-order valence-corrected chi connectivity index (χ2v) is 5.26. The standard InChI is InChI=1S/C12H12BrN3OS/c1-7-5-8(3-4-9(7)13)17-11-6-10(14)15-12(16-11)18-2/h3-6H,1-2H3,(H2,14,15,16). The molecule has 1 heterocycles. The van der Waals surface area contributed by atoms with E-state index in [1.165, 1.54) is 11.8 Å². The molecule has 1 aromatic carbocycles. The molecule has 0 aliphatic carbocycles. The number of aromatic nitrogens is 2. The Bertz CT molecular complexity index is 577. The Labute approximate surface area is 118 Å². The molecule has 0 radical (unpaired) electrons. The molecule has 2 aromatic rings. The summed E-state index contributed by atoms with van der Waals surface area (Å²) in [5.41, 5.74) is 6.79. The molecule has 2 N–H and O–H groups in total. The number of hydrogen-bond acceptors (Lipinski definition) is 5. The second kappa shape index (κ2) is 5.58. The molecule has 0 amide bonds. The van der Waals surface area contributed by atoms with Gasteiger partial charge < -0.3 is 10.5 Å². The van der Waals surface area contributed by atoms with Gasteiger partial charge in [-0.25, -0.2) is 4.98 Å². The van der Waals surface area contributed by atoms with E-state index in [9.17, 15) is 0 Å². The minimum Gasteiger partial charge on any atom is -0.439 e. The Morgan fingerprint density at radius 3 is 2.72 bits per heavy atom. The number of anilines is 1. The maximum absolute atomic E-state index is 5.69. The second-order valence-electron chi connectivity index (χ2n) is 3.63. The van der Waals surface area contributed by atoms with Crippen LogP contribution in [-0.2, 0) is 0 Å². The van der Waals surface area contributed by atoms with Crippen molar-refractivity contribution in [3.63, 3.8) is 0 Å². The summed E-state index contributed by atoms with van der Waals surface area (Å²) >= 11 is 4.87. The number of halogens is 1. The molecule has 0 aliphatic rings. The van der Waals surface area contributed by atoms with E-state index in [0.717, 1.165) is 15.8 Å². The highest BCUT2D eigenvalue weighted by Crippen LogP contribution is 2.26. The lowest BCUT2D eigenvalue weighted by atomic mass is 10.2. The van der Waals surface area contributed by atoms with Crippen LogP contribution in [0.5, 0.6) is 11.6 Å². The van der Waals surface area contributed by atoms with E-state index in [1.807, 2.05) is 31.4 Å². The fourth-order valence-corrected chi connectivity index (χ4v) is 1.99. The van der Waals surface area contributed by atoms with Crippen molar-refractivity contribution in [2.24, 2.45) is 0 Å². The average Bonchev–Trinajstić information content (AvgIpc) is 2.33. The number of benzene rings is 1. The van der Waals surface area contributed by atoms with Gasteiger partial charge in [-0.1, -0.05) is 27.7 Å². The summed E-state index contributed by atoms with van der Waals surface area (Å²) in [6.07, 6.45) is 1.89. The summed E-state index contributed by atoms with van der Waals surface area (Å²) in [5, 5.41) is 0.596. The zero-order chi connectivity index (χ0) is 13.1. The van der Waals surface area contributed by atoms with Gasteiger partial charge in [-0.05, 0) is 36.9 Å². The number of ether oxygens (including phenoxy) is 1. The Hall–Kier alpha value is -1.27. The predicted octanol–water partition coefficient (Wildman–Crippen LogP) is 3.64. The largest absolute Gasteiger partial charge is 0.439 e. The number of nitrogens with two attached hydrogens (primary N) is 1. The molecule has 0 unspecified atom stereocenters. The molecule has 0 aliphatic heterocycles. The third kappa shape index (κ3) is 3.14. The molecule has 1 aromatic heterocycles. The van der Waals surface area contributed by atoms with Gasteiger partial charge in [0.05, 0.1) is 0 Å². The first-order valence-electron chi connectivity index (χ1n) is 5.21. The van der Waals surface area contributed by atoms with Gasteiger partial charge in [-0.3, -0.25) is 0 Å². The van der Waals surface area contributed by atoms with Crippen LogP contribution in [0.25, 0.3) is 0 Å². The van der Waals surface area contributed by atoms with E-state index in [4.69, 9.17) is 10.5 Å². The van der Waals surface area contributed by atoms with Gasteiger partial charge in [0.2, 0.25) is 5.88 Å². The van der Waals surface area contributed by atoms with Gasteiger partial charge in [-0.15, -0.1) is 0 Å². The van der Waals surface area contributed by atoms with E-state index < -0.39 is 0 Å². The van der Waals surface area contributed by atoms with Crippen molar-refractivity contribution in [2.45, 2.75) is 12.1 Å². The van der Waals surface area contributed by atoms with Crippen molar-refractivity contribution in [2.75, 3.05) is 12.0 Å². The zero-order valence-corrected chi connectivity index (χ0v) is 12.4. The van der Waals surface area contributed by atoms with Crippen molar-refractivity contribution < 1.29 is 4.74 Å². The lowest BCUT2D eigenvalue weighted by molar-refractivity contribution is 0.456. The Balaban J connectivity index is 2.27. The molecule has 2 rings (SSSR count). The van der Waals surface area contributed by atoms with Crippen LogP contribution in [-0.4, -0.2) is 16.2 Å². The van der Waals surface area contributed by atoms with E-state index in [2.05, 4.69) is 25.9 Å². The summed E-state index contributed by atoms with van der Waals surface area (Å²) in [6.45, 7) is 2.00. The van der Waals surface area contributed by atoms with Crippen LogP contribution in [0, 0.1) is 6.92 Å². The molecular formula is C12H12BrN3OS. The highest BCUT2D eigenvalue weighted by molar-refractivity contribution is 9.10. The van der Waals surface area contributed by atoms with Gasteiger partial charge in [0.25, 0.3) is 0 Å². The Morgan fingerprint density at radius 2 is 2.06 bits per heavy atom. The summed E-state index contributed by atoms with van der Waals surface area (Å²) in [5.74, 6) is 1.58. The minimum absolute atomic E-state index is 0.401. The highest BCUT2D eigenvalue weighted by Gasteiger charge is 2.05. The van der Waals surface area contributed by atoms with Crippen LogP contribution in [0.4, 0.5) is 5.82 Å². The first-order chi connectivity index (χ1) is 8.58. The SMILES string of the molecule is CSc1nc(N)cc(Oc2ccc(Br)c(C)c2)n1. The third-order valence-electron chi connectivity index (χ3n) is 2.24. The van der Waals surface area contributed by atoms with E-state index in [-0.39, 0.29) is 0 Å². The van der Waals surface area contributed by atoms with E-state index in [0.29, 0.717) is 16.9 Å². The van der Waals surface area contributed by atoms with Crippen molar-refractivity contribution in [1.82, 2.24) is 9.97 Å². The molecule has 0 saturated heterocycles. The van der Waals surface area contributed by atoms with Crippen LogP contribution in [0.1, 0.15) is 5.56 Å². The van der Waals surface area contributed by atoms with Crippen LogP contribution in [0.15, 0.2) is 33.9 Å². The molecule has 0 saturated carbocycles. The predicted molar refractivity (Wildman–Crippen MR) is 77.2 cm³/mol. The number of rotatable bonds is 3. The molecule has 0 fully saturated rings. The van der Waals surface area contributed by atoms with E-state index in [1.54, 1.807) is 6.07 Å². The quantitative estimate of drug-likeness (QED) is 0.689. The van der Waals surface area contributed by atoms with E-state index >= 15 is 0 Å². The number of nitrogen functional groups attached to an aromatic ring is 1. The Morgan fingerprint density at radius 1 is 1.28 bits per heavy atom. The van der Waals surface area contributed by atoms with Crippen molar-refractivity contribution in [1.29, 1.82) is 0 Å². The molecule has 0 bridgehead atoms. The average molecular weight is 326 g/mol. The Kier molecular flexibility index (Phi) is 4.08. The number of hydrogen-bond donors (Lipinski definition) is 1. The first kappa shape index (κ1) is 13.2. The highest BCUT2D eigenvalue weighted by atomic mass is 79.9. The lowest BCUT2D eigenvalue weighted by Gasteiger charge is -2.07. The van der Waals surface area contributed by atoms with Crippen LogP contribution in [0.3, 0.4) is 0 Å². The smallest absolute Gasteiger partial charge is 0.225 e. The molecule has 6 heteroatoms. The lowest BCUT2D eigenvalue weighted by Crippen LogP contribution is -1.97. The third-order valence-corrected chi connectivity index (χ3v) is 3.67. The summed E-state index contributed by atoms with van der Waals surface area (Å²) in [6, 6.07) is 7.34. The monoisotopic (exact) mass is 325 g/mol. The fourth-order valence-electron chi connectivity index (χ4n) is 1.37. The van der Waals surface area contributed by atoms with Crippen molar-refractivity contribution >= 4 is 33.5 Å².